The highest BCUT2D eigenvalue weighted by molar-refractivity contribution is 5.09. The molecular weight excluding hydrogens is 220 g/mol. The van der Waals surface area contributed by atoms with Crippen molar-refractivity contribution in [2.75, 3.05) is 13.1 Å². The average Bonchev–Trinajstić information content (AvgIpc) is 2.26. The zero-order chi connectivity index (χ0) is 14.1. The maximum atomic E-state index is 3.82. The molecular formula is C16H34N2. The highest BCUT2D eigenvalue weighted by atomic mass is 15.3. The minimum atomic E-state index is 0.278. The average molecular weight is 254 g/mol. The summed E-state index contributed by atoms with van der Waals surface area (Å²) in [6.45, 7) is 21.3. The third-order valence-corrected chi connectivity index (χ3v) is 4.85. The lowest BCUT2D eigenvalue weighted by Crippen LogP contribution is -2.74. The fraction of sp³-hybridized carbons (Fsp3) is 1.00. The van der Waals surface area contributed by atoms with Gasteiger partial charge in [-0.3, -0.25) is 4.90 Å². The molecule has 0 aromatic heterocycles. The van der Waals surface area contributed by atoms with E-state index in [0.29, 0.717) is 29.8 Å². The van der Waals surface area contributed by atoms with Crippen LogP contribution in [0.3, 0.4) is 0 Å². The van der Waals surface area contributed by atoms with E-state index in [-0.39, 0.29) is 5.54 Å². The van der Waals surface area contributed by atoms with Crippen molar-refractivity contribution in [2.24, 2.45) is 17.8 Å². The number of hydrogen-bond acceptors (Lipinski definition) is 2. The molecule has 0 spiro atoms. The van der Waals surface area contributed by atoms with Crippen LogP contribution in [-0.4, -0.2) is 35.6 Å². The van der Waals surface area contributed by atoms with Crippen molar-refractivity contribution >= 4 is 0 Å². The third kappa shape index (κ3) is 2.46. The summed E-state index contributed by atoms with van der Waals surface area (Å²) in [7, 11) is 0. The Labute approximate surface area is 115 Å². The molecule has 1 aliphatic rings. The molecule has 1 fully saturated rings. The summed E-state index contributed by atoms with van der Waals surface area (Å²) < 4.78 is 0. The summed E-state index contributed by atoms with van der Waals surface area (Å²) in [5, 5.41) is 3.82. The van der Waals surface area contributed by atoms with Gasteiger partial charge in [0.25, 0.3) is 0 Å². The first-order valence-corrected chi connectivity index (χ1v) is 7.76. The van der Waals surface area contributed by atoms with Crippen LogP contribution >= 0.6 is 0 Å². The first kappa shape index (κ1) is 16.0. The summed E-state index contributed by atoms with van der Waals surface area (Å²) in [4.78, 5) is 2.77. The van der Waals surface area contributed by atoms with Crippen molar-refractivity contribution in [3.8, 4) is 0 Å². The quantitative estimate of drug-likeness (QED) is 0.827. The van der Waals surface area contributed by atoms with E-state index in [1.165, 1.54) is 6.54 Å². The Morgan fingerprint density at radius 3 is 1.78 bits per heavy atom. The second-order valence-electron chi connectivity index (χ2n) is 7.16. The van der Waals surface area contributed by atoms with Gasteiger partial charge in [0.1, 0.15) is 0 Å². The number of nitrogens with zero attached hydrogens (tertiary/aromatic N) is 1. The summed E-state index contributed by atoms with van der Waals surface area (Å²) in [5.41, 5.74) is 0.278. The minimum Gasteiger partial charge on any atom is -0.311 e. The Morgan fingerprint density at radius 2 is 1.44 bits per heavy atom. The Kier molecular flexibility index (Phi) is 5.25. The van der Waals surface area contributed by atoms with Crippen LogP contribution in [0.5, 0.6) is 0 Å². The van der Waals surface area contributed by atoms with Gasteiger partial charge in [0.05, 0.1) is 0 Å². The van der Waals surface area contributed by atoms with Crippen LogP contribution in [-0.2, 0) is 0 Å². The molecule has 0 amide bonds. The molecule has 108 valence electrons. The minimum absolute atomic E-state index is 0.278. The number of piperazine rings is 1. The topological polar surface area (TPSA) is 15.3 Å². The van der Waals surface area contributed by atoms with Crippen molar-refractivity contribution < 1.29 is 0 Å². The van der Waals surface area contributed by atoms with Crippen molar-refractivity contribution in [1.82, 2.24) is 10.2 Å². The molecule has 0 aromatic carbocycles. The highest BCUT2D eigenvalue weighted by Gasteiger charge is 2.52. The van der Waals surface area contributed by atoms with Gasteiger partial charge in [-0.1, -0.05) is 41.5 Å². The Morgan fingerprint density at radius 1 is 0.944 bits per heavy atom. The molecule has 1 rings (SSSR count). The lowest BCUT2D eigenvalue weighted by molar-refractivity contribution is -0.0810. The summed E-state index contributed by atoms with van der Waals surface area (Å²) in [5.74, 6) is 2.01. The van der Waals surface area contributed by atoms with Gasteiger partial charge in [-0.15, -0.1) is 0 Å². The van der Waals surface area contributed by atoms with Gasteiger partial charge < -0.3 is 5.32 Å². The van der Waals surface area contributed by atoms with Gasteiger partial charge >= 0.3 is 0 Å². The van der Waals surface area contributed by atoms with E-state index in [0.717, 1.165) is 6.54 Å². The van der Waals surface area contributed by atoms with Crippen LogP contribution in [0.25, 0.3) is 0 Å². The lowest BCUT2D eigenvalue weighted by Gasteiger charge is -2.60. The van der Waals surface area contributed by atoms with E-state index in [1.54, 1.807) is 0 Å². The Balaban J connectivity index is 3.27. The van der Waals surface area contributed by atoms with Crippen LogP contribution in [0.2, 0.25) is 0 Å². The van der Waals surface area contributed by atoms with Crippen LogP contribution in [0.15, 0.2) is 0 Å². The first-order chi connectivity index (χ1) is 8.26. The van der Waals surface area contributed by atoms with Crippen LogP contribution in [0.1, 0.15) is 55.4 Å². The second-order valence-corrected chi connectivity index (χ2v) is 7.16. The van der Waals surface area contributed by atoms with E-state index in [9.17, 15) is 0 Å². The maximum Gasteiger partial charge on any atom is 0.0413 e. The Bertz CT molecular complexity index is 230. The smallest absolute Gasteiger partial charge is 0.0413 e. The van der Waals surface area contributed by atoms with Crippen molar-refractivity contribution in [2.45, 2.75) is 73.0 Å². The SMILES string of the molecule is CC(C)C1NCCN(C(C)C)C1(C(C)C)C(C)C. The molecule has 0 aromatic rings. The number of nitrogens with one attached hydrogen (secondary N) is 1. The molecule has 0 radical (unpaired) electrons. The fourth-order valence-electron chi connectivity index (χ4n) is 4.40. The van der Waals surface area contributed by atoms with Gasteiger partial charge in [0.15, 0.2) is 0 Å². The molecule has 0 bridgehead atoms. The van der Waals surface area contributed by atoms with E-state index in [4.69, 9.17) is 0 Å². The van der Waals surface area contributed by atoms with Gasteiger partial charge in [0, 0.05) is 30.7 Å². The second kappa shape index (κ2) is 5.92. The van der Waals surface area contributed by atoms with Gasteiger partial charge in [-0.05, 0) is 31.6 Å². The van der Waals surface area contributed by atoms with E-state index < -0.39 is 0 Å². The lowest BCUT2D eigenvalue weighted by atomic mass is 9.65. The largest absolute Gasteiger partial charge is 0.311 e. The molecule has 2 nitrogen and oxygen atoms in total. The number of hydrogen-bond donors (Lipinski definition) is 1. The highest BCUT2D eigenvalue weighted by Crippen LogP contribution is 2.41. The zero-order valence-electron chi connectivity index (χ0n) is 13.7. The van der Waals surface area contributed by atoms with Gasteiger partial charge in [0.2, 0.25) is 0 Å². The summed E-state index contributed by atoms with van der Waals surface area (Å²) in [6, 6.07) is 1.21. The predicted octanol–water partition coefficient (Wildman–Crippen LogP) is 3.38. The molecule has 1 unspecified atom stereocenters. The molecule has 2 heteroatoms. The van der Waals surface area contributed by atoms with E-state index in [1.807, 2.05) is 0 Å². The zero-order valence-corrected chi connectivity index (χ0v) is 13.7. The van der Waals surface area contributed by atoms with E-state index in [2.05, 4.69) is 65.6 Å². The Hall–Kier alpha value is -0.0800. The molecule has 0 saturated carbocycles. The molecule has 1 saturated heterocycles. The molecule has 0 aliphatic carbocycles. The maximum absolute atomic E-state index is 3.82. The van der Waals surface area contributed by atoms with Crippen molar-refractivity contribution in [3.05, 3.63) is 0 Å². The normalized spacial score (nSPS) is 25.7. The van der Waals surface area contributed by atoms with E-state index >= 15 is 0 Å². The van der Waals surface area contributed by atoms with Crippen molar-refractivity contribution in [1.29, 1.82) is 0 Å². The molecule has 18 heavy (non-hydrogen) atoms. The monoisotopic (exact) mass is 254 g/mol. The first-order valence-electron chi connectivity index (χ1n) is 7.76. The predicted molar refractivity (Wildman–Crippen MR) is 80.9 cm³/mol. The fourth-order valence-corrected chi connectivity index (χ4v) is 4.40. The molecule has 1 atom stereocenters. The standard InChI is InChI=1S/C16H34N2/c1-11(2)15-16(12(3)4,13(5)6)18(14(7)8)10-9-17-15/h11-15,17H,9-10H2,1-8H3. The third-order valence-electron chi connectivity index (χ3n) is 4.85. The summed E-state index contributed by atoms with van der Waals surface area (Å²) >= 11 is 0. The summed E-state index contributed by atoms with van der Waals surface area (Å²) in [6.07, 6.45) is 0. The molecule has 1 aliphatic heterocycles. The van der Waals surface area contributed by atoms with Gasteiger partial charge in [-0.2, -0.15) is 0 Å². The number of rotatable bonds is 4. The van der Waals surface area contributed by atoms with Crippen LogP contribution < -0.4 is 5.32 Å². The van der Waals surface area contributed by atoms with Crippen LogP contribution in [0.4, 0.5) is 0 Å². The molecule has 1 heterocycles. The van der Waals surface area contributed by atoms with Crippen LogP contribution in [0, 0.1) is 17.8 Å². The van der Waals surface area contributed by atoms with Crippen molar-refractivity contribution in [3.63, 3.8) is 0 Å². The van der Waals surface area contributed by atoms with Gasteiger partial charge in [-0.25, -0.2) is 0 Å². The molecule has 1 N–H and O–H groups in total.